The van der Waals surface area contributed by atoms with Gasteiger partial charge in [-0.1, -0.05) is 30.3 Å². The highest BCUT2D eigenvalue weighted by molar-refractivity contribution is 7.86. The number of phenolic OH excluding ortho intramolecular Hbond substituents is 2. The Labute approximate surface area is 174 Å². The predicted octanol–water partition coefficient (Wildman–Crippen LogP) is 4.97. The number of hydrogen-bond donors (Lipinski definition) is 3. The summed E-state index contributed by atoms with van der Waals surface area (Å²) in [5.41, 5.74) is -0.618. The van der Waals surface area contributed by atoms with E-state index in [9.17, 15) is 33.3 Å². The topological polar surface area (TPSA) is 163 Å². The van der Waals surface area contributed by atoms with Gasteiger partial charge in [0.1, 0.15) is 16.3 Å². The van der Waals surface area contributed by atoms with Crippen LogP contribution in [0.1, 0.15) is 0 Å². The lowest BCUT2D eigenvalue weighted by Crippen LogP contribution is -1.99. The maximum atomic E-state index is 11.7. The molecule has 0 fully saturated rings. The summed E-state index contributed by atoms with van der Waals surface area (Å²) >= 11 is 0. The molecule has 4 aromatic rings. The Kier molecular flexibility index (Phi) is 4.76. The van der Waals surface area contributed by atoms with Crippen LogP contribution in [0, 0.1) is 10.1 Å². The summed E-state index contributed by atoms with van der Waals surface area (Å²) in [6.07, 6.45) is 0. The molecule has 0 spiro atoms. The number of non-ortho nitro benzene ring substituents is 1. The lowest BCUT2D eigenvalue weighted by atomic mass is 10.1. The number of phenols is 2. The maximum absolute atomic E-state index is 11.7. The standard InChI is InChI=1S/C20H13N3O7S/c24-19-15-4-2-1-3-11(15)5-8-16(19)21-22-18-14-7-6-13(23(26)27)9-12(14)10-17(20(18)25)31(28,29)30/h1-10,24-25H,(H,28,29,30). The van der Waals surface area contributed by atoms with E-state index in [1.807, 2.05) is 0 Å². The van der Waals surface area contributed by atoms with Gasteiger partial charge < -0.3 is 10.2 Å². The minimum Gasteiger partial charge on any atom is -0.505 e. The first kappa shape index (κ1) is 20.2. The number of nitro benzene ring substituents is 1. The molecule has 0 aromatic heterocycles. The summed E-state index contributed by atoms with van der Waals surface area (Å²) in [6, 6.07) is 14.6. The zero-order valence-electron chi connectivity index (χ0n) is 15.5. The van der Waals surface area contributed by atoms with E-state index in [1.54, 1.807) is 30.3 Å². The molecule has 0 heterocycles. The second kappa shape index (κ2) is 7.31. The van der Waals surface area contributed by atoms with Gasteiger partial charge in [0, 0.05) is 22.9 Å². The molecular formula is C20H13N3O7S. The molecule has 0 atom stereocenters. The van der Waals surface area contributed by atoms with E-state index < -0.39 is 25.7 Å². The maximum Gasteiger partial charge on any atom is 0.298 e. The zero-order chi connectivity index (χ0) is 22.3. The van der Waals surface area contributed by atoms with E-state index in [1.165, 1.54) is 12.1 Å². The number of benzene rings is 4. The average molecular weight is 439 g/mol. The third kappa shape index (κ3) is 3.63. The van der Waals surface area contributed by atoms with Crippen LogP contribution in [-0.2, 0) is 10.1 Å². The third-order valence-electron chi connectivity index (χ3n) is 4.66. The first-order chi connectivity index (χ1) is 14.7. The second-order valence-electron chi connectivity index (χ2n) is 6.56. The van der Waals surface area contributed by atoms with Crippen molar-refractivity contribution in [2.24, 2.45) is 10.2 Å². The van der Waals surface area contributed by atoms with Crippen LogP contribution in [0.5, 0.6) is 11.5 Å². The second-order valence-corrected chi connectivity index (χ2v) is 7.95. The van der Waals surface area contributed by atoms with Crippen LogP contribution in [0.2, 0.25) is 0 Å². The molecular weight excluding hydrogens is 426 g/mol. The smallest absolute Gasteiger partial charge is 0.298 e. The van der Waals surface area contributed by atoms with Gasteiger partial charge in [-0.05, 0) is 29.0 Å². The van der Waals surface area contributed by atoms with Crippen molar-refractivity contribution in [2.45, 2.75) is 4.90 Å². The van der Waals surface area contributed by atoms with E-state index in [0.717, 1.165) is 23.6 Å². The summed E-state index contributed by atoms with van der Waals surface area (Å²) in [5, 5.41) is 41.2. The number of aromatic hydroxyl groups is 2. The molecule has 4 aromatic carbocycles. The van der Waals surface area contributed by atoms with Crippen molar-refractivity contribution >= 4 is 48.7 Å². The molecule has 10 nitrogen and oxygen atoms in total. The highest BCUT2D eigenvalue weighted by atomic mass is 32.2. The van der Waals surface area contributed by atoms with Crippen molar-refractivity contribution in [2.75, 3.05) is 0 Å². The number of hydrogen-bond acceptors (Lipinski definition) is 8. The third-order valence-corrected chi connectivity index (χ3v) is 5.53. The molecule has 0 saturated carbocycles. The van der Waals surface area contributed by atoms with Crippen molar-refractivity contribution in [1.29, 1.82) is 0 Å². The molecule has 0 bridgehead atoms. The lowest BCUT2D eigenvalue weighted by Gasteiger charge is -2.09. The van der Waals surface area contributed by atoms with Crippen LogP contribution in [0.3, 0.4) is 0 Å². The van der Waals surface area contributed by atoms with Crippen LogP contribution in [-0.4, -0.2) is 28.1 Å². The zero-order valence-corrected chi connectivity index (χ0v) is 16.3. The van der Waals surface area contributed by atoms with Gasteiger partial charge in [0.2, 0.25) is 0 Å². The van der Waals surface area contributed by atoms with Gasteiger partial charge in [0.15, 0.2) is 11.5 Å². The van der Waals surface area contributed by atoms with Gasteiger partial charge in [0.25, 0.3) is 15.8 Å². The Bertz CT molecular complexity index is 1510. The average Bonchev–Trinajstić information content (AvgIpc) is 2.73. The van der Waals surface area contributed by atoms with Crippen molar-refractivity contribution in [3.63, 3.8) is 0 Å². The summed E-state index contributed by atoms with van der Waals surface area (Å²) in [4.78, 5) is 9.50. The Hall–Kier alpha value is -4.09. The molecule has 0 unspecified atom stereocenters. The summed E-state index contributed by atoms with van der Waals surface area (Å²) in [7, 11) is -4.87. The summed E-state index contributed by atoms with van der Waals surface area (Å²) in [6.45, 7) is 0. The lowest BCUT2D eigenvalue weighted by molar-refractivity contribution is -0.384. The van der Waals surface area contributed by atoms with Crippen molar-refractivity contribution in [3.05, 3.63) is 70.8 Å². The highest BCUT2D eigenvalue weighted by Crippen LogP contribution is 2.43. The van der Waals surface area contributed by atoms with Crippen LogP contribution < -0.4 is 0 Å². The van der Waals surface area contributed by atoms with Crippen molar-refractivity contribution < 1.29 is 28.1 Å². The number of nitro groups is 1. The van der Waals surface area contributed by atoms with Gasteiger partial charge in [-0.3, -0.25) is 14.7 Å². The van der Waals surface area contributed by atoms with Crippen molar-refractivity contribution in [1.82, 2.24) is 0 Å². The fourth-order valence-corrected chi connectivity index (χ4v) is 3.80. The number of nitrogens with zero attached hydrogens (tertiary/aromatic N) is 3. The fraction of sp³-hybridized carbons (Fsp3) is 0. The van der Waals surface area contributed by atoms with Gasteiger partial charge in [-0.25, -0.2) is 0 Å². The van der Waals surface area contributed by atoms with E-state index in [-0.39, 0.29) is 33.6 Å². The molecule has 0 aliphatic heterocycles. The molecule has 4 rings (SSSR count). The first-order valence-corrected chi connectivity index (χ1v) is 10.1. The molecule has 0 aliphatic rings. The Morgan fingerprint density at radius 3 is 2.29 bits per heavy atom. The van der Waals surface area contributed by atoms with Gasteiger partial charge >= 0.3 is 0 Å². The van der Waals surface area contributed by atoms with Gasteiger partial charge in [-0.2, -0.15) is 8.42 Å². The first-order valence-electron chi connectivity index (χ1n) is 8.71. The van der Waals surface area contributed by atoms with Crippen LogP contribution in [0.15, 0.2) is 75.8 Å². The van der Waals surface area contributed by atoms with E-state index in [2.05, 4.69) is 10.2 Å². The van der Waals surface area contributed by atoms with E-state index in [4.69, 9.17) is 0 Å². The van der Waals surface area contributed by atoms with Gasteiger partial charge in [0.05, 0.1) is 4.92 Å². The largest absolute Gasteiger partial charge is 0.505 e. The minimum atomic E-state index is -4.87. The fourth-order valence-electron chi connectivity index (χ4n) is 3.18. The van der Waals surface area contributed by atoms with Crippen LogP contribution in [0.4, 0.5) is 17.1 Å². The summed E-state index contributed by atoms with van der Waals surface area (Å²) < 4.78 is 32.8. The molecule has 31 heavy (non-hydrogen) atoms. The molecule has 11 heteroatoms. The highest BCUT2D eigenvalue weighted by Gasteiger charge is 2.23. The molecule has 0 amide bonds. The van der Waals surface area contributed by atoms with Crippen LogP contribution in [0.25, 0.3) is 21.5 Å². The van der Waals surface area contributed by atoms with Crippen LogP contribution >= 0.6 is 0 Å². The molecule has 0 aliphatic carbocycles. The van der Waals surface area contributed by atoms with E-state index >= 15 is 0 Å². The summed E-state index contributed by atoms with van der Waals surface area (Å²) in [5.74, 6) is -1.06. The predicted molar refractivity (Wildman–Crippen MR) is 112 cm³/mol. The molecule has 156 valence electrons. The monoisotopic (exact) mass is 439 g/mol. The van der Waals surface area contributed by atoms with Crippen molar-refractivity contribution in [3.8, 4) is 11.5 Å². The Morgan fingerprint density at radius 1 is 0.839 bits per heavy atom. The van der Waals surface area contributed by atoms with E-state index in [0.29, 0.717) is 5.39 Å². The number of azo groups is 1. The van der Waals surface area contributed by atoms with Gasteiger partial charge in [-0.15, -0.1) is 10.2 Å². The molecule has 3 N–H and O–H groups in total. The Morgan fingerprint density at radius 2 is 1.58 bits per heavy atom. The number of fused-ring (bicyclic) bond motifs is 2. The molecule has 0 radical (unpaired) electrons. The molecule has 0 saturated heterocycles. The minimum absolute atomic E-state index is 0.0382. The number of rotatable bonds is 4. The Balaban J connectivity index is 1.95. The SMILES string of the molecule is O=[N+]([O-])c1ccc2c(N=Nc3ccc4ccccc4c3O)c(O)c(S(=O)(=O)O)cc2c1. The normalized spacial score (nSPS) is 12.0. The quantitative estimate of drug-likeness (QED) is 0.175.